The Balaban J connectivity index is 1.92. The number of methoxy groups -OCH3 is 2. The second kappa shape index (κ2) is 22.9. The van der Waals surface area contributed by atoms with Crippen LogP contribution in [-0.4, -0.2) is 66.8 Å². The Hall–Kier alpha value is -3.36. The Labute approximate surface area is 328 Å². The lowest BCUT2D eigenvalue weighted by molar-refractivity contribution is -0.316. The first-order chi connectivity index (χ1) is 25.4. The van der Waals surface area contributed by atoms with Gasteiger partial charge in [0.25, 0.3) is 0 Å². The topological polar surface area (TPSA) is 77.4 Å². The van der Waals surface area contributed by atoms with Gasteiger partial charge in [-0.1, -0.05) is 151 Å². The molecule has 1 saturated heterocycles. The average Bonchev–Trinajstić information content (AvgIpc) is 3.07. The van der Waals surface area contributed by atoms with E-state index >= 15 is 0 Å². The van der Waals surface area contributed by atoms with Crippen molar-refractivity contribution in [2.45, 2.75) is 138 Å². The Morgan fingerprint density at radius 3 is 1.69 bits per heavy atom. The summed E-state index contributed by atoms with van der Waals surface area (Å²) in [5.41, 5.74) is 7.75. The molecule has 1 heterocycles. The normalized spacial score (nSPS) is 26.6. The molecule has 6 nitrogen and oxygen atoms in total. The molecule has 0 spiro atoms. The van der Waals surface area contributed by atoms with Crippen LogP contribution >= 0.6 is 0 Å². The number of aliphatic hydroxyl groups is 2. The summed E-state index contributed by atoms with van der Waals surface area (Å²) in [4.78, 5) is 0. The third-order valence-electron chi connectivity index (χ3n) is 9.85. The Morgan fingerprint density at radius 1 is 0.759 bits per heavy atom. The molecule has 0 saturated carbocycles. The number of ether oxygens (including phenoxy) is 4. The molecule has 298 valence electrons. The van der Waals surface area contributed by atoms with Crippen LogP contribution in [0.2, 0.25) is 0 Å². The van der Waals surface area contributed by atoms with Gasteiger partial charge in [0.1, 0.15) is 24.4 Å². The second-order valence-corrected chi connectivity index (χ2v) is 16.0. The van der Waals surface area contributed by atoms with E-state index in [-0.39, 0.29) is 5.41 Å². The fourth-order valence-corrected chi connectivity index (χ4v) is 6.49. The van der Waals surface area contributed by atoms with Crippen molar-refractivity contribution in [2.24, 2.45) is 5.41 Å². The van der Waals surface area contributed by atoms with Crippen LogP contribution in [0.4, 0.5) is 0 Å². The summed E-state index contributed by atoms with van der Waals surface area (Å²) in [6, 6.07) is 0. The largest absolute Gasteiger partial charge is 0.387 e. The zero-order chi connectivity index (χ0) is 40.5. The highest BCUT2D eigenvalue weighted by molar-refractivity contribution is 5.37. The zero-order valence-electron chi connectivity index (χ0n) is 35.4. The van der Waals surface area contributed by atoms with Crippen molar-refractivity contribution in [1.29, 1.82) is 0 Å². The van der Waals surface area contributed by atoms with E-state index in [1.807, 2.05) is 44.2 Å². The van der Waals surface area contributed by atoms with Gasteiger partial charge in [-0.2, -0.15) is 0 Å². The first kappa shape index (κ1) is 46.8. The summed E-state index contributed by atoms with van der Waals surface area (Å²) in [6.45, 7) is 22.5. The van der Waals surface area contributed by atoms with Gasteiger partial charge in [0, 0.05) is 14.2 Å². The molecule has 1 aliphatic carbocycles. The van der Waals surface area contributed by atoms with E-state index in [1.54, 1.807) is 19.9 Å². The second-order valence-electron chi connectivity index (χ2n) is 16.0. The fraction of sp³-hybridized carbons (Fsp3) is 0.500. The van der Waals surface area contributed by atoms with Crippen LogP contribution in [0.5, 0.6) is 0 Å². The minimum Gasteiger partial charge on any atom is -0.387 e. The van der Waals surface area contributed by atoms with Gasteiger partial charge in [-0.15, -0.1) is 0 Å². The predicted octanol–water partition coefficient (Wildman–Crippen LogP) is 10.9. The molecule has 6 atom stereocenters. The highest BCUT2D eigenvalue weighted by Crippen LogP contribution is 2.40. The first-order valence-electron chi connectivity index (χ1n) is 19.3. The molecule has 2 aliphatic rings. The quantitative estimate of drug-likeness (QED) is 0.145. The fourth-order valence-electron chi connectivity index (χ4n) is 6.49. The van der Waals surface area contributed by atoms with Gasteiger partial charge >= 0.3 is 0 Å². The zero-order valence-corrected chi connectivity index (χ0v) is 35.4. The lowest BCUT2D eigenvalue weighted by atomic mass is 9.72. The van der Waals surface area contributed by atoms with Gasteiger partial charge in [-0.05, 0) is 92.6 Å². The molecule has 54 heavy (non-hydrogen) atoms. The Bertz CT molecular complexity index is 1580. The van der Waals surface area contributed by atoms with Crippen molar-refractivity contribution in [3.8, 4) is 0 Å². The van der Waals surface area contributed by atoms with Crippen LogP contribution in [0.15, 0.2) is 142 Å². The number of allylic oxidation sites excluding steroid dienone is 23. The lowest BCUT2D eigenvalue weighted by Crippen LogP contribution is -2.60. The van der Waals surface area contributed by atoms with Crippen LogP contribution in [0, 0.1) is 5.41 Å². The van der Waals surface area contributed by atoms with Gasteiger partial charge in [0.15, 0.2) is 6.29 Å². The minimum atomic E-state index is -1.21. The molecule has 2 rings (SSSR count). The first-order valence-corrected chi connectivity index (χ1v) is 19.3. The maximum absolute atomic E-state index is 10.8. The van der Waals surface area contributed by atoms with Crippen molar-refractivity contribution in [2.75, 3.05) is 14.2 Å². The molecule has 0 aromatic carbocycles. The van der Waals surface area contributed by atoms with Crippen molar-refractivity contribution >= 4 is 0 Å². The summed E-state index contributed by atoms with van der Waals surface area (Å²) in [5, 5.41) is 21.6. The van der Waals surface area contributed by atoms with Gasteiger partial charge in [0.2, 0.25) is 0 Å². The van der Waals surface area contributed by atoms with E-state index in [9.17, 15) is 10.2 Å². The smallest absolute Gasteiger partial charge is 0.187 e. The van der Waals surface area contributed by atoms with E-state index in [1.165, 1.54) is 55.8 Å². The van der Waals surface area contributed by atoms with E-state index in [4.69, 9.17) is 18.9 Å². The molecule has 2 N–H and O–H groups in total. The van der Waals surface area contributed by atoms with Crippen LogP contribution in [0.25, 0.3) is 0 Å². The highest BCUT2D eigenvalue weighted by atomic mass is 16.7. The van der Waals surface area contributed by atoms with Crippen molar-refractivity contribution in [3.05, 3.63) is 142 Å². The van der Waals surface area contributed by atoms with E-state index < -0.39 is 42.4 Å². The molecule has 0 bridgehead atoms. The molecule has 5 unspecified atom stereocenters. The van der Waals surface area contributed by atoms with E-state index in [2.05, 4.69) is 115 Å². The van der Waals surface area contributed by atoms with Gasteiger partial charge in [-0.3, -0.25) is 0 Å². The van der Waals surface area contributed by atoms with Crippen LogP contribution in [0.3, 0.4) is 0 Å². The third kappa shape index (κ3) is 16.2. The monoisotopic (exact) mass is 743 g/mol. The average molecular weight is 743 g/mol. The maximum atomic E-state index is 10.8. The summed E-state index contributed by atoms with van der Waals surface area (Å²) in [6.07, 6.45) is 34.8. The van der Waals surface area contributed by atoms with E-state index in [0.29, 0.717) is 0 Å². The van der Waals surface area contributed by atoms with Crippen LogP contribution in [-0.2, 0) is 18.9 Å². The summed E-state index contributed by atoms with van der Waals surface area (Å²) < 4.78 is 23.0. The number of rotatable bonds is 17. The van der Waals surface area contributed by atoms with Crippen molar-refractivity contribution in [3.63, 3.8) is 0 Å². The molecule has 0 radical (unpaired) electrons. The Kier molecular flexibility index (Phi) is 19.8. The molecule has 6 heteroatoms. The SMILES string of the molecule is COC1C(C)OC(O[C@@H](/C=C/C(C)=C/C=C/C(C)=C/C=C/C(C)=C/C=C/C=C(C)/C=C/C=C(C)/C=C/C2=C(C)CCCC2(C)C)C(C)(C)O)C(OC)C1O. The standard InChI is InChI=1S/C48H70O6/c1-34(20-14-15-21-35(2)23-17-26-37(4)29-31-41-39(6)28-19-33-47(41,8)9)22-16-24-36(3)25-18-27-38(5)30-32-42(48(10,11)50)54-46-45(52-13)43(49)44(51-12)40(7)53-46/h14-18,20-27,29-32,40,42-46,49-50H,19,28,33H2,1-13H3/b15-14+,22-16+,23-17+,25-18+,31-29+,32-30+,34-20+,35-21+,36-24+,37-26+,38-27+/t40?,42-,43?,44?,45?,46?/m0/s1. The van der Waals surface area contributed by atoms with E-state index in [0.717, 1.165) is 16.7 Å². The highest BCUT2D eigenvalue weighted by Gasteiger charge is 2.46. The summed E-state index contributed by atoms with van der Waals surface area (Å²) in [7, 11) is 3.01. The molecule has 0 aromatic heterocycles. The predicted molar refractivity (Wildman–Crippen MR) is 227 cm³/mol. The molecular formula is C48H70O6. The van der Waals surface area contributed by atoms with Crippen LogP contribution < -0.4 is 0 Å². The summed E-state index contributed by atoms with van der Waals surface area (Å²) >= 11 is 0. The van der Waals surface area contributed by atoms with Crippen molar-refractivity contribution < 1.29 is 29.2 Å². The van der Waals surface area contributed by atoms with Gasteiger partial charge in [-0.25, -0.2) is 0 Å². The van der Waals surface area contributed by atoms with Crippen molar-refractivity contribution in [1.82, 2.24) is 0 Å². The lowest BCUT2D eigenvalue weighted by Gasteiger charge is -2.44. The molecule has 1 fully saturated rings. The maximum Gasteiger partial charge on any atom is 0.187 e. The molecule has 0 amide bonds. The van der Waals surface area contributed by atoms with Gasteiger partial charge < -0.3 is 29.2 Å². The number of hydrogen-bond acceptors (Lipinski definition) is 6. The summed E-state index contributed by atoms with van der Waals surface area (Å²) in [5.74, 6) is 0. The molecular weight excluding hydrogens is 673 g/mol. The minimum absolute atomic E-state index is 0.264. The number of aliphatic hydroxyl groups excluding tert-OH is 1. The number of hydrogen-bond donors (Lipinski definition) is 2. The Morgan fingerprint density at radius 2 is 1.22 bits per heavy atom. The molecule has 0 aromatic rings. The third-order valence-corrected chi connectivity index (χ3v) is 9.85. The van der Waals surface area contributed by atoms with Gasteiger partial charge in [0.05, 0.1) is 11.7 Å². The van der Waals surface area contributed by atoms with Crippen LogP contribution in [0.1, 0.15) is 95.4 Å². The molecule has 1 aliphatic heterocycles.